The normalized spacial score (nSPS) is 14.8. The van der Waals surface area contributed by atoms with Crippen molar-refractivity contribution >= 4 is 53.6 Å². The first-order valence-corrected chi connectivity index (χ1v) is 21.9. The predicted molar refractivity (Wildman–Crippen MR) is 102 cm³/mol. The summed E-state index contributed by atoms with van der Waals surface area (Å²) in [7, 11) is -6.05. The van der Waals surface area contributed by atoms with Crippen molar-refractivity contribution in [1.82, 2.24) is 0 Å². The third-order valence-corrected chi connectivity index (χ3v) is 15.5. The molecule has 0 saturated carbocycles. The maximum Gasteiger partial charge on any atom is 0.173 e. The zero-order valence-electron chi connectivity index (χ0n) is 14.0. The minimum absolute atomic E-state index is 1.17. The molecule has 0 saturated heterocycles. The van der Waals surface area contributed by atoms with Gasteiger partial charge in [-0.1, -0.05) is 26.2 Å². The third kappa shape index (κ3) is 12.8. The summed E-state index contributed by atoms with van der Waals surface area (Å²) in [5, 5.41) is 0. The van der Waals surface area contributed by atoms with Gasteiger partial charge in [-0.2, -0.15) is 22.2 Å². The Morgan fingerprint density at radius 1 is 0.579 bits per heavy atom. The van der Waals surface area contributed by atoms with Crippen LogP contribution in [0.15, 0.2) is 0 Å². The van der Waals surface area contributed by atoms with Gasteiger partial charge in [-0.25, -0.2) is 0 Å². The molecule has 19 heavy (non-hydrogen) atoms. The van der Waals surface area contributed by atoms with Gasteiger partial charge in [0.2, 0.25) is 0 Å². The highest BCUT2D eigenvalue weighted by molar-refractivity contribution is 7.19. The van der Waals surface area contributed by atoms with Gasteiger partial charge < -0.3 is 4.12 Å². The molecule has 0 radical (unpaired) electrons. The molecule has 0 unspecified atom stereocenters. The quantitative estimate of drug-likeness (QED) is 0.357. The van der Waals surface area contributed by atoms with E-state index in [4.69, 9.17) is 26.3 Å². The van der Waals surface area contributed by atoms with Crippen molar-refractivity contribution < 1.29 is 4.12 Å². The third-order valence-electron chi connectivity index (χ3n) is 3.20. The van der Waals surface area contributed by atoms with E-state index in [1.165, 1.54) is 24.2 Å². The molecule has 1 nitrogen and oxygen atoms in total. The molecule has 0 heterocycles. The van der Waals surface area contributed by atoms with E-state index in [0.29, 0.717) is 0 Å². The lowest BCUT2D eigenvalue weighted by molar-refractivity contribution is 0.541. The average molecular weight is 376 g/mol. The van der Waals surface area contributed by atoms with Crippen molar-refractivity contribution in [3.05, 3.63) is 0 Å². The van der Waals surface area contributed by atoms with Crippen LogP contribution in [0, 0.1) is 0 Å². The van der Waals surface area contributed by atoms with Gasteiger partial charge in [-0.15, -0.1) is 0 Å². The molecule has 7 heteroatoms. The SMILES string of the molecule is C[Si](C)(Cl)CC[Si](C)(C)O[Si](C)(C)CC[Si](C)(C)Cl. The largest absolute Gasteiger partial charge is 0.456 e. The molecule has 0 atom stereocenters. The van der Waals surface area contributed by atoms with Crippen LogP contribution in [0.2, 0.25) is 76.6 Å². The van der Waals surface area contributed by atoms with E-state index in [9.17, 15) is 0 Å². The number of halogens is 2. The molecule has 0 N–H and O–H groups in total. The van der Waals surface area contributed by atoms with E-state index in [2.05, 4.69) is 52.4 Å². The summed E-state index contributed by atoms with van der Waals surface area (Å²) in [6.07, 6.45) is 0. The molecule has 0 aromatic carbocycles. The van der Waals surface area contributed by atoms with Crippen molar-refractivity contribution in [3.63, 3.8) is 0 Å². The minimum Gasteiger partial charge on any atom is -0.456 e. The molecule has 0 aliphatic heterocycles. The first-order chi connectivity index (χ1) is 8.12. The van der Waals surface area contributed by atoms with Gasteiger partial charge in [0.25, 0.3) is 0 Å². The summed E-state index contributed by atoms with van der Waals surface area (Å²) >= 11 is 12.9. The molecule has 0 rings (SSSR count). The molecule has 0 amide bonds. The Hall–Kier alpha value is 1.41. The summed E-state index contributed by atoms with van der Waals surface area (Å²) in [5.41, 5.74) is 0. The van der Waals surface area contributed by atoms with Gasteiger partial charge in [0.05, 0.1) is 0 Å². The second kappa shape index (κ2) is 7.11. The lowest BCUT2D eigenvalue weighted by Gasteiger charge is -2.35. The van der Waals surface area contributed by atoms with E-state index in [-0.39, 0.29) is 0 Å². The monoisotopic (exact) mass is 374 g/mol. The highest BCUT2D eigenvalue weighted by atomic mass is 35.6. The average Bonchev–Trinajstić information content (AvgIpc) is 2.09. The summed E-state index contributed by atoms with van der Waals surface area (Å²) < 4.78 is 6.62. The van der Waals surface area contributed by atoms with Gasteiger partial charge in [-0.05, 0) is 50.4 Å². The van der Waals surface area contributed by atoms with E-state index in [0.717, 1.165) is 0 Å². The van der Waals surface area contributed by atoms with Crippen molar-refractivity contribution in [1.29, 1.82) is 0 Å². The number of hydrogen-bond acceptors (Lipinski definition) is 1. The van der Waals surface area contributed by atoms with Crippen molar-refractivity contribution in [2.45, 2.75) is 76.6 Å². The molecule has 0 bridgehead atoms. The van der Waals surface area contributed by atoms with Crippen LogP contribution >= 0.6 is 22.2 Å². The summed E-state index contributed by atoms with van der Waals surface area (Å²) in [5.74, 6) is 0. The fraction of sp³-hybridized carbons (Fsp3) is 1.00. The zero-order valence-corrected chi connectivity index (χ0v) is 19.5. The van der Waals surface area contributed by atoms with Crippen molar-refractivity contribution in [2.24, 2.45) is 0 Å². The fourth-order valence-corrected chi connectivity index (χ4v) is 20.1. The lowest BCUT2D eigenvalue weighted by Crippen LogP contribution is -2.45. The Morgan fingerprint density at radius 2 is 0.842 bits per heavy atom. The smallest absolute Gasteiger partial charge is 0.173 e. The van der Waals surface area contributed by atoms with Crippen LogP contribution in [0.3, 0.4) is 0 Å². The van der Waals surface area contributed by atoms with Gasteiger partial charge in [-0.3, -0.25) is 0 Å². The molecular formula is C12H32Cl2OSi4. The Morgan fingerprint density at radius 3 is 1.05 bits per heavy atom. The van der Waals surface area contributed by atoms with E-state index >= 15 is 0 Å². The second-order valence-corrected chi connectivity index (χ2v) is 30.9. The summed E-state index contributed by atoms with van der Waals surface area (Å²) in [6, 6.07) is 4.75. The molecule has 0 aromatic rings. The lowest BCUT2D eigenvalue weighted by atomic mass is 10.9. The second-order valence-electron chi connectivity index (χ2n) is 8.06. The Balaban J connectivity index is 4.37. The molecule has 116 valence electrons. The van der Waals surface area contributed by atoms with Crippen LogP contribution < -0.4 is 0 Å². The number of rotatable bonds is 8. The van der Waals surface area contributed by atoms with E-state index in [1.54, 1.807) is 0 Å². The van der Waals surface area contributed by atoms with Crippen molar-refractivity contribution in [2.75, 3.05) is 0 Å². The standard InChI is InChI=1S/C12H32Cl2OSi4/c1-16(2,13)9-11-18(5,6)15-19(7,8)12-10-17(3,4)14/h9-12H2,1-8H3. The van der Waals surface area contributed by atoms with E-state index in [1.807, 2.05) is 0 Å². The Labute approximate surface area is 134 Å². The van der Waals surface area contributed by atoms with Gasteiger partial charge in [0.15, 0.2) is 16.6 Å². The van der Waals surface area contributed by atoms with Crippen LogP contribution in [0.4, 0.5) is 0 Å². The maximum absolute atomic E-state index is 6.62. The van der Waals surface area contributed by atoms with Crippen molar-refractivity contribution in [3.8, 4) is 0 Å². The maximum atomic E-state index is 6.62. The van der Waals surface area contributed by atoms with Gasteiger partial charge in [0, 0.05) is 0 Å². The molecule has 0 aromatic heterocycles. The summed E-state index contributed by atoms with van der Waals surface area (Å²) in [4.78, 5) is 0. The predicted octanol–water partition coefficient (Wildman–Crippen LogP) is 6.30. The molecule has 0 fully saturated rings. The first kappa shape index (κ1) is 20.4. The van der Waals surface area contributed by atoms with Crippen LogP contribution in [0.1, 0.15) is 0 Å². The highest BCUT2D eigenvalue weighted by Gasteiger charge is 2.35. The summed E-state index contributed by atoms with van der Waals surface area (Å²) in [6.45, 7) is 18.3. The fourth-order valence-electron chi connectivity index (χ4n) is 2.05. The van der Waals surface area contributed by atoms with E-state index < -0.39 is 31.4 Å². The van der Waals surface area contributed by atoms with Crippen LogP contribution in [-0.2, 0) is 4.12 Å². The molecule has 0 aliphatic rings. The first-order valence-electron chi connectivity index (χ1n) is 7.20. The van der Waals surface area contributed by atoms with Crippen LogP contribution in [0.5, 0.6) is 0 Å². The molecule has 0 aliphatic carbocycles. The number of hydrogen-bond donors (Lipinski definition) is 0. The minimum atomic E-state index is -1.56. The van der Waals surface area contributed by atoms with Gasteiger partial charge >= 0.3 is 0 Å². The molecular weight excluding hydrogens is 343 g/mol. The van der Waals surface area contributed by atoms with Gasteiger partial charge in [0.1, 0.15) is 14.8 Å². The Kier molecular flexibility index (Phi) is 7.64. The molecule has 0 spiro atoms. The topological polar surface area (TPSA) is 9.23 Å². The van der Waals surface area contributed by atoms with Crippen LogP contribution in [-0.4, -0.2) is 31.4 Å². The van der Waals surface area contributed by atoms with Crippen LogP contribution in [0.25, 0.3) is 0 Å². The highest BCUT2D eigenvalue weighted by Crippen LogP contribution is 2.30. The zero-order chi connectivity index (χ0) is 15.5. The Bertz CT molecular complexity index is 254.